The highest BCUT2D eigenvalue weighted by molar-refractivity contribution is 6.30. The molecule has 1 amide bonds. The lowest BCUT2D eigenvalue weighted by Gasteiger charge is -2.16. The van der Waals surface area contributed by atoms with E-state index in [1.165, 1.54) is 0 Å². The highest BCUT2D eigenvalue weighted by Gasteiger charge is 2.34. The van der Waals surface area contributed by atoms with Crippen molar-refractivity contribution in [3.8, 4) is 0 Å². The maximum atomic E-state index is 12.1. The van der Waals surface area contributed by atoms with E-state index >= 15 is 0 Å². The molecule has 0 unspecified atom stereocenters. The number of halogens is 1. The Labute approximate surface area is 117 Å². The van der Waals surface area contributed by atoms with Crippen molar-refractivity contribution in [2.24, 2.45) is 0 Å². The Morgan fingerprint density at radius 2 is 2.32 bits per heavy atom. The molecular weight excluding hydrogens is 266 g/mol. The van der Waals surface area contributed by atoms with Gasteiger partial charge >= 0.3 is 0 Å². The van der Waals surface area contributed by atoms with Crippen molar-refractivity contribution in [2.45, 2.75) is 25.6 Å². The van der Waals surface area contributed by atoms with Crippen molar-refractivity contribution in [1.82, 2.24) is 4.90 Å². The zero-order valence-corrected chi connectivity index (χ0v) is 11.6. The van der Waals surface area contributed by atoms with Gasteiger partial charge in [-0.3, -0.25) is 4.79 Å². The van der Waals surface area contributed by atoms with Crippen LogP contribution >= 0.6 is 11.6 Å². The van der Waals surface area contributed by atoms with Gasteiger partial charge in [0.05, 0.1) is 12.5 Å². The number of likely N-dealkylation sites (tertiary alicyclic amines) is 1. The lowest BCUT2D eigenvalue weighted by Crippen LogP contribution is -2.31. The van der Waals surface area contributed by atoms with Crippen LogP contribution in [0.5, 0.6) is 0 Å². The largest absolute Gasteiger partial charge is 0.388 e. The molecule has 1 fully saturated rings. The summed E-state index contributed by atoms with van der Waals surface area (Å²) in [4.78, 5) is 13.8. The van der Waals surface area contributed by atoms with Gasteiger partial charge in [0.15, 0.2) is 0 Å². The van der Waals surface area contributed by atoms with E-state index < -0.39 is 6.10 Å². The molecule has 0 aromatic heterocycles. The number of aliphatic hydroxyl groups excluding tert-OH is 1. The summed E-state index contributed by atoms with van der Waals surface area (Å²) in [5.74, 6) is -0.0106. The van der Waals surface area contributed by atoms with Crippen molar-refractivity contribution in [3.05, 3.63) is 34.9 Å². The molecule has 1 aliphatic rings. The smallest absolute Gasteiger partial charge is 0.227 e. The van der Waals surface area contributed by atoms with E-state index in [1.54, 1.807) is 17.0 Å². The summed E-state index contributed by atoms with van der Waals surface area (Å²) in [6, 6.07) is 7.26. The summed E-state index contributed by atoms with van der Waals surface area (Å²) in [5, 5.41) is 10.4. The second kappa shape index (κ2) is 6.37. The van der Waals surface area contributed by atoms with E-state index in [2.05, 4.69) is 0 Å². The van der Waals surface area contributed by atoms with Gasteiger partial charge < -0.3 is 14.7 Å². The number of carbonyl (C=O) groups excluding carboxylic acids is 1. The molecule has 1 heterocycles. The van der Waals surface area contributed by atoms with Gasteiger partial charge in [-0.15, -0.1) is 0 Å². The van der Waals surface area contributed by atoms with E-state index in [1.807, 2.05) is 19.1 Å². The van der Waals surface area contributed by atoms with Crippen molar-refractivity contribution < 1.29 is 14.6 Å². The van der Waals surface area contributed by atoms with Crippen LogP contribution < -0.4 is 0 Å². The van der Waals surface area contributed by atoms with Crippen LogP contribution in [0.3, 0.4) is 0 Å². The first kappa shape index (κ1) is 14.3. The summed E-state index contributed by atoms with van der Waals surface area (Å²) in [7, 11) is 0. The third kappa shape index (κ3) is 3.69. The second-order valence-corrected chi connectivity index (χ2v) is 5.10. The van der Waals surface area contributed by atoms with Gasteiger partial charge in [-0.05, 0) is 24.6 Å². The van der Waals surface area contributed by atoms with Gasteiger partial charge in [0.1, 0.15) is 6.10 Å². The molecule has 0 aliphatic carbocycles. The molecule has 5 heteroatoms. The summed E-state index contributed by atoms with van der Waals surface area (Å²) in [6.07, 6.45) is -0.567. The molecule has 1 aromatic carbocycles. The number of benzene rings is 1. The quantitative estimate of drug-likeness (QED) is 0.911. The third-order valence-corrected chi connectivity index (χ3v) is 3.45. The van der Waals surface area contributed by atoms with Crippen LogP contribution in [0, 0.1) is 0 Å². The molecule has 2 rings (SSSR count). The van der Waals surface area contributed by atoms with Gasteiger partial charge in [0.2, 0.25) is 5.91 Å². The summed E-state index contributed by atoms with van der Waals surface area (Å²) in [5.41, 5.74) is 0.881. The zero-order chi connectivity index (χ0) is 13.8. The molecule has 0 spiro atoms. The normalized spacial score (nSPS) is 22.8. The number of aliphatic hydroxyl groups is 1. The molecule has 19 heavy (non-hydrogen) atoms. The number of nitrogens with zero attached hydrogens (tertiary/aromatic N) is 1. The monoisotopic (exact) mass is 283 g/mol. The van der Waals surface area contributed by atoms with Crippen molar-refractivity contribution in [2.75, 3.05) is 19.7 Å². The molecular formula is C14H18ClNO3. The Kier molecular flexibility index (Phi) is 4.80. The predicted octanol–water partition coefficient (Wildman–Crippen LogP) is 1.49. The molecule has 0 bridgehead atoms. The van der Waals surface area contributed by atoms with Crippen molar-refractivity contribution in [1.29, 1.82) is 0 Å². The summed E-state index contributed by atoms with van der Waals surface area (Å²) in [6.45, 7) is 3.21. The number of rotatable bonds is 4. The van der Waals surface area contributed by atoms with Crippen LogP contribution in [-0.2, 0) is 16.0 Å². The molecule has 1 aliphatic heterocycles. The highest BCUT2D eigenvalue weighted by atomic mass is 35.5. The van der Waals surface area contributed by atoms with Gasteiger partial charge in [-0.2, -0.15) is 0 Å². The lowest BCUT2D eigenvalue weighted by molar-refractivity contribution is -0.130. The van der Waals surface area contributed by atoms with Crippen LogP contribution in [0.1, 0.15) is 12.5 Å². The van der Waals surface area contributed by atoms with Crippen LogP contribution in [0.15, 0.2) is 24.3 Å². The lowest BCUT2D eigenvalue weighted by atomic mass is 10.1. The van der Waals surface area contributed by atoms with Crippen LogP contribution in [0.25, 0.3) is 0 Å². The molecule has 0 radical (unpaired) electrons. The molecule has 104 valence electrons. The highest BCUT2D eigenvalue weighted by Crippen LogP contribution is 2.16. The maximum Gasteiger partial charge on any atom is 0.227 e. The minimum atomic E-state index is -0.594. The number of amides is 1. The van der Waals surface area contributed by atoms with Crippen LogP contribution in [-0.4, -0.2) is 47.8 Å². The summed E-state index contributed by atoms with van der Waals surface area (Å²) < 4.78 is 5.40. The molecule has 0 saturated carbocycles. The Hall–Kier alpha value is -1.10. The third-order valence-electron chi connectivity index (χ3n) is 3.21. The van der Waals surface area contributed by atoms with E-state index in [4.69, 9.17) is 16.3 Å². The van der Waals surface area contributed by atoms with Gasteiger partial charge in [-0.25, -0.2) is 0 Å². The van der Waals surface area contributed by atoms with Gasteiger partial charge in [-0.1, -0.05) is 23.7 Å². The number of β-amino-alcohol motifs (C(OH)–C–C–N with tert-alkyl or cyclic N) is 1. The Bertz CT molecular complexity index is 452. The average molecular weight is 284 g/mol. The fourth-order valence-electron chi connectivity index (χ4n) is 2.27. The zero-order valence-electron chi connectivity index (χ0n) is 10.9. The number of ether oxygens (including phenoxy) is 1. The number of carbonyl (C=O) groups is 1. The van der Waals surface area contributed by atoms with E-state index in [9.17, 15) is 9.90 Å². The standard InChI is InChI=1S/C14H18ClNO3/c1-2-19-13-9-16(8-12(13)17)14(18)7-10-4-3-5-11(15)6-10/h3-6,12-13,17H,2,7-9H2,1H3/t12-,13-/m1/s1. The maximum absolute atomic E-state index is 12.1. The molecule has 2 atom stereocenters. The minimum absolute atomic E-state index is 0.0106. The molecule has 1 saturated heterocycles. The molecule has 1 aromatic rings. The fourth-order valence-corrected chi connectivity index (χ4v) is 2.48. The Morgan fingerprint density at radius 3 is 3.00 bits per heavy atom. The Morgan fingerprint density at radius 1 is 1.53 bits per heavy atom. The van der Waals surface area contributed by atoms with Gasteiger partial charge in [0.25, 0.3) is 0 Å². The molecule has 4 nitrogen and oxygen atoms in total. The first-order valence-corrected chi connectivity index (χ1v) is 6.80. The van der Waals surface area contributed by atoms with Crippen molar-refractivity contribution >= 4 is 17.5 Å². The summed E-state index contributed by atoms with van der Waals surface area (Å²) >= 11 is 5.89. The topological polar surface area (TPSA) is 49.8 Å². The molecule has 1 N–H and O–H groups in total. The first-order chi connectivity index (χ1) is 9.10. The predicted molar refractivity (Wildman–Crippen MR) is 73.2 cm³/mol. The Balaban J connectivity index is 1.94. The van der Waals surface area contributed by atoms with Crippen molar-refractivity contribution in [3.63, 3.8) is 0 Å². The average Bonchev–Trinajstić information content (AvgIpc) is 2.72. The van der Waals surface area contributed by atoms with Crippen LogP contribution in [0.4, 0.5) is 0 Å². The van der Waals surface area contributed by atoms with Crippen LogP contribution in [0.2, 0.25) is 5.02 Å². The minimum Gasteiger partial charge on any atom is -0.388 e. The fraction of sp³-hybridized carbons (Fsp3) is 0.500. The SMILES string of the molecule is CCO[C@@H]1CN(C(=O)Cc2cccc(Cl)c2)C[C@H]1O. The number of hydrogen-bond donors (Lipinski definition) is 1. The van der Waals surface area contributed by atoms with Gasteiger partial charge in [0, 0.05) is 24.7 Å². The second-order valence-electron chi connectivity index (χ2n) is 4.67. The number of hydrogen-bond acceptors (Lipinski definition) is 3. The van der Waals surface area contributed by atoms with E-state index in [0.717, 1.165) is 5.56 Å². The van der Waals surface area contributed by atoms with E-state index in [-0.39, 0.29) is 12.0 Å². The van der Waals surface area contributed by atoms with E-state index in [0.29, 0.717) is 31.1 Å². The first-order valence-electron chi connectivity index (χ1n) is 6.42.